The Morgan fingerprint density at radius 3 is 2.50 bits per heavy atom. The molecular weight excluding hydrogens is 341 g/mol. The third-order valence-corrected chi connectivity index (χ3v) is 4.87. The highest BCUT2D eigenvalue weighted by atomic mass is 19.1. The molecule has 0 bridgehead atoms. The van der Waals surface area contributed by atoms with Crippen LogP contribution in [0, 0.1) is 5.82 Å². The van der Waals surface area contributed by atoms with Gasteiger partial charge in [-0.15, -0.1) is 0 Å². The summed E-state index contributed by atoms with van der Waals surface area (Å²) < 4.78 is 15.4. The average Bonchev–Trinajstić information content (AvgIpc) is 2.92. The molecule has 2 N–H and O–H groups in total. The second-order valence-electron chi connectivity index (χ2n) is 6.66. The first-order valence-electron chi connectivity index (χ1n) is 8.52. The number of hydrogen-bond acceptors (Lipinski definition) is 4. The van der Waals surface area contributed by atoms with Crippen LogP contribution < -0.4 is 0 Å². The summed E-state index contributed by atoms with van der Waals surface area (Å²) in [6.07, 6.45) is 1.54. The molecule has 26 heavy (non-hydrogen) atoms. The van der Waals surface area contributed by atoms with E-state index in [4.69, 9.17) is 5.11 Å². The zero-order chi connectivity index (χ0) is 18.8. The molecule has 2 heterocycles. The minimum atomic E-state index is -0.962. The Balaban J connectivity index is 2.03. The van der Waals surface area contributed by atoms with Gasteiger partial charge >= 0.3 is 11.9 Å². The summed E-state index contributed by atoms with van der Waals surface area (Å²) in [5, 5.41) is 19.4. The number of aromatic nitrogens is 1. The Morgan fingerprint density at radius 1 is 1.19 bits per heavy atom. The van der Waals surface area contributed by atoms with Gasteiger partial charge in [-0.2, -0.15) is 0 Å². The molecule has 0 saturated carbocycles. The number of piperazine rings is 1. The van der Waals surface area contributed by atoms with Crippen LogP contribution in [0.25, 0.3) is 10.9 Å². The topological polar surface area (TPSA) is 86.0 Å². The molecule has 1 fully saturated rings. The van der Waals surface area contributed by atoms with E-state index in [0.29, 0.717) is 29.6 Å². The molecule has 1 aromatic heterocycles. The Labute approximate surface area is 150 Å². The molecule has 3 rings (SSSR count). The van der Waals surface area contributed by atoms with E-state index in [9.17, 15) is 19.1 Å². The number of likely N-dealkylation sites (N-methyl/N-ethyl adjacent to an activating group) is 1. The minimum absolute atomic E-state index is 0.119. The molecule has 1 atom stereocenters. The summed E-state index contributed by atoms with van der Waals surface area (Å²) in [6.45, 7) is 2.95. The summed E-state index contributed by atoms with van der Waals surface area (Å²) in [7, 11) is 1.99. The van der Waals surface area contributed by atoms with Gasteiger partial charge in [-0.1, -0.05) is 0 Å². The number of halogens is 1. The molecule has 2 aromatic rings. The van der Waals surface area contributed by atoms with Gasteiger partial charge in [0.25, 0.3) is 0 Å². The highest BCUT2D eigenvalue weighted by molar-refractivity contribution is 5.90. The SMILES string of the molecule is CN1CCN([C@@H](C(=O)O)c2cn(CCC(=O)O)c3cc(F)ccc23)CC1. The second kappa shape index (κ2) is 7.43. The molecule has 1 aromatic carbocycles. The van der Waals surface area contributed by atoms with Crippen molar-refractivity contribution in [3.05, 3.63) is 35.8 Å². The first-order valence-corrected chi connectivity index (χ1v) is 8.52. The quantitative estimate of drug-likeness (QED) is 0.811. The van der Waals surface area contributed by atoms with Gasteiger partial charge in [0.2, 0.25) is 0 Å². The van der Waals surface area contributed by atoms with E-state index in [1.165, 1.54) is 12.1 Å². The summed E-state index contributed by atoms with van der Waals surface area (Å²) in [5.74, 6) is -2.36. The van der Waals surface area contributed by atoms with E-state index < -0.39 is 23.8 Å². The van der Waals surface area contributed by atoms with Crippen molar-refractivity contribution < 1.29 is 24.2 Å². The summed E-state index contributed by atoms with van der Waals surface area (Å²) in [5.41, 5.74) is 1.09. The molecule has 140 valence electrons. The fourth-order valence-corrected chi connectivity index (χ4v) is 3.48. The lowest BCUT2D eigenvalue weighted by atomic mass is 10.0. The van der Waals surface area contributed by atoms with Gasteiger partial charge in [0.1, 0.15) is 11.9 Å². The lowest BCUT2D eigenvalue weighted by Crippen LogP contribution is -2.47. The molecule has 8 heteroatoms. The number of hydrogen-bond donors (Lipinski definition) is 2. The molecule has 7 nitrogen and oxygen atoms in total. The average molecular weight is 363 g/mol. The Bertz CT molecular complexity index is 827. The standard InChI is InChI=1S/C18H22FN3O4/c1-20-6-8-21(9-7-20)17(18(25)26)14-11-22(5-4-16(23)24)15-10-12(19)2-3-13(14)15/h2-3,10-11,17H,4-9H2,1H3,(H,23,24)(H,25,26)/t17-/m1/s1. The van der Waals surface area contributed by atoms with E-state index in [0.717, 1.165) is 13.1 Å². The summed E-state index contributed by atoms with van der Waals surface area (Å²) in [4.78, 5) is 27.0. The Kier molecular flexibility index (Phi) is 5.24. The predicted molar refractivity (Wildman–Crippen MR) is 93.6 cm³/mol. The first-order chi connectivity index (χ1) is 12.4. The van der Waals surface area contributed by atoms with Crippen LogP contribution >= 0.6 is 0 Å². The molecular formula is C18H22FN3O4. The van der Waals surface area contributed by atoms with E-state index in [-0.39, 0.29) is 13.0 Å². The Morgan fingerprint density at radius 2 is 1.88 bits per heavy atom. The molecule has 1 saturated heterocycles. The van der Waals surface area contributed by atoms with E-state index in [2.05, 4.69) is 4.90 Å². The lowest BCUT2D eigenvalue weighted by molar-refractivity contribution is -0.144. The number of rotatable bonds is 6. The Hall–Kier alpha value is -2.45. The van der Waals surface area contributed by atoms with Gasteiger partial charge < -0.3 is 19.7 Å². The van der Waals surface area contributed by atoms with Gasteiger partial charge in [0, 0.05) is 49.9 Å². The summed E-state index contributed by atoms with van der Waals surface area (Å²) >= 11 is 0. The third-order valence-electron chi connectivity index (χ3n) is 4.87. The van der Waals surface area contributed by atoms with Gasteiger partial charge in [-0.25, -0.2) is 4.39 Å². The maximum Gasteiger partial charge on any atom is 0.325 e. The van der Waals surface area contributed by atoms with Crippen molar-refractivity contribution in [3.63, 3.8) is 0 Å². The van der Waals surface area contributed by atoms with Crippen molar-refractivity contribution >= 4 is 22.8 Å². The normalized spacial score (nSPS) is 17.5. The van der Waals surface area contributed by atoms with Gasteiger partial charge in [-0.05, 0) is 25.2 Å². The zero-order valence-electron chi connectivity index (χ0n) is 14.6. The smallest absolute Gasteiger partial charge is 0.325 e. The zero-order valence-corrected chi connectivity index (χ0v) is 14.6. The fraction of sp³-hybridized carbons (Fsp3) is 0.444. The van der Waals surface area contributed by atoms with Crippen LogP contribution in [0.1, 0.15) is 18.0 Å². The minimum Gasteiger partial charge on any atom is -0.481 e. The van der Waals surface area contributed by atoms with Gasteiger partial charge in [0.15, 0.2) is 0 Å². The number of fused-ring (bicyclic) bond motifs is 1. The van der Waals surface area contributed by atoms with Crippen molar-refractivity contribution in [1.29, 1.82) is 0 Å². The van der Waals surface area contributed by atoms with Crippen LogP contribution in [0.3, 0.4) is 0 Å². The fourth-order valence-electron chi connectivity index (χ4n) is 3.48. The molecule has 0 radical (unpaired) electrons. The molecule has 0 spiro atoms. The van der Waals surface area contributed by atoms with Crippen LogP contribution in [0.4, 0.5) is 4.39 Å². The van der Waals surface area contributed by atoms with Crippen molar-refractivity contribution in [3.8, 4) is 0 Å². The lowest BCUT2D eigenvalue weighted by Gasteiger charge is -2.36. The molecule has 0 aliphatic carbocycles. The van der Waals surface area contributed by atoms with Gasteiger partial charge in [0.05, 0.1) is 11.9 Å². The molecule has 0 amide bonds. The highest BCUT2D eigenvalue weighted by Gasteiger charge is 2.32. The first kappa shape index (κ1) is 18.3. The molecule has 0 unspecified atom stereocenters. The van der Waals surface area contributed by atoms with Crippen LogP contribution in [0.15, 0.2) is 24.4 Å². The molecule has 1 aliphatic heterocycles. The number of benzene rings is 1. The summed E-state index contributed by atoms with van der Waals surface area (Å²) in [6, 6.07) is 3.35. The predicted octanol–water partition coefficient (Wildman–Crippen LogP) is 1.63. The maximum atomic E-state index is 13.7. The third kappa shape index (κ3) is 3.71. The second-order valence-corrected chi connectivity index (χ2v) is 6.66. The largest absolute Gasteiger partial charge is 0.481 e. The van der Waals surface area contributed by atoms with Crippen molar-refractivity contribution in [1.82, 2.24) is 14.4 Å². The number of carbonyl (C=O) groups is 2. The number of carboxylic acid groups (broad SMARTS) is 2. The van der Waals surface area contributed by atoms with Crippen molar-refractivity contribution in [2.45, 2.75) is 19.0 Å². The van der Waals surface area contributed by atoms with Crippen LogP contribution in [-0.2, 0) is 16.1 Å². The number of aliphatic carboxylic acids is 2. The van der Waals surface area contributed by atoms with Crippen molar-refractivity contribution in [2.75, 3.05) is 33.2 Å². The van der Waals surface area contributed by atoms with Crippen LogP contribution in [0.2, 0.25) is 0 Å². The van der Waals surface area contributed by atoms with E-state index in [1.54, 1.807) is 16.8 Å². The van der Waals surface area contributed by atoms with Crippen LogP contribution in [0.5, 0.6) is 0 Å². The monoisotopic (exact) mass is 363 g/mol. The van der Waals surface area contributed by atoms with Crippen molar-refractivity contribution in [2.24, 2.45) is 0 Å². The van der Waals surface area contributed by atoms with E-state index in [1.807, 2.05) is 11.9 Å². The maximum absolute atomic E-state index is 13.7. The molecule has 1 aliphatic rings. The highest BCUT2D eigenvalue weighted by Crippen LogP contribution is 2.32. The van der Waals surface area contributed by atoms with E-state index >= 15 is 0 Å². The number of carboxylic acids is 2. The number of aryl methyl sites for hydroxylation is 1. The van der Waals surface area contributed by atoms with Gasteiger partial charge in [-0.3, -0.25) is 14.5 Å². The van der Waals surface area contributed by atoms with Crippen LogP contribution in [-0.4, -0.2) is 69.7 Å². The number of nitrogens with zero attached hydrogens (tertiary/aromatic N) is 3.